The summed E-state index contributed by atoms with van der Waals surface area (Å²) in [6.45, 7) is 1.31. The van der Waals surface area contributed by atoms with Crippen molar-refractivity contribution in [1.82, 2.24) is 14.0 Å². The average Bonchev–Trinajstić information content (AvgIpc) is 2.90. The number of aryl methyl sites for hydroxylation is 1. The second-order valence-electron chi connectivity index (χ2n) is 8.27. The van der Waals surface area contributed by atoms with Crippen molar-refractivity contribution in [2.75, 3.05) is 19.6 Å². The van der Waals surface area contributed by atoms with E-state index in [9.17, 15) is 21.6 Å². The van der Waals surface area contributed by atoms with E-state index in [-0.39, 0.29) is 29.4 Å². The Morgan fingerprint density at radius 3 is 1.97 bits per heavy atom. The summed E-state index contributed by atoms with van der Waals surface area (Å²) in [7, 11) is -8.01. The van der Waals surface area contributed by atoms with Crippen molar-refractivity contribution in [3.8, 4) is 0 Å². The fourth-order valence-electron chi connectivity index (χ4n) is 3.83. The van der Waals surface area contributed by atoms with E-state index in [1.165, 1.54) is 30.5 Å². The Labute approximate surface area is 211 Å². The van der Waals surface area contributed by atoms with Gasteiger partial charge in [-0.05, 0) is 36.8 Å². The average molecular weight is 527 g/mol. The van der Waals surface area contributed by atoms with E-state index in [2.05, 4.69) is 10.5 Å². The van der Waals surface area contributed by atoms with Gasteiger partial charge in [-0.1, -0.05) is 66.2 Å². The van der Waals surface area contributed by atoms with Gasteiger partial charge < -0.3 is 0 Å². The van der Waals surface area contributed by atoms with Crippen LogP contribution in [0.5, 0.6) is 0 Å². The summed E-state index contributed by atoms with van der Waals surface area (Å²) in [4.78, 5) is 13.3. The summed E-state index contributed by atoms with van der Waals surface area (Å²) in [5.74, 6) is -0.731. The molecule has 0 radical (unpaired) electrons. The molecular weight excluding hydrogens is 500 g/mol. The van der Waals surface area contributed by atoms with Gasteiger partial charge in [0, 0.05) is 19.6 Å². The predicted octanol–water partition coefficient (Wildman–Crippen LogP) is 2.21. The van der Waals surface area contributed by atoms with Crippen molar-refractivity contribution in [3.63, 3.8) is 0 Å². The molecule has 1 N–H and O–H groups in total. The van der Waals surface area contributed by atoms with Crippen LogP contribution >= 0.6 is 0 Å². The Morgan fingerprint density at radius 2 is 1.39 bits per heavy atom. The van der Waals surface area contributed by atoms with Crippen LogP contribution in [-0.4, -0.2) is 63.2 Å². The van der Waals surface area contributed by atoms with E-state index >= 15 is 0 Å². The first kappa shape index (κ1) is 25.7. The number of rotatable bonds is 7. The van der Waals surface area contributed by atoms with Crippen LogP contribution in [0.3, 0.4) is 0 Å². The van der Waals surface area contributed by atoms with Gasteiger partial charge in [0.05, 0.1) is 16.0 Å². The molecule has 0 unspecified atom stereocenters. The first-order valence-corrected chi connectivity index (χ1v) is 14.1. The van der Waals surface area contributed by atoms with Gasteiger partial charge in [0.2, 0.25) is 20.0 Å². The zero-order valence-electron chi connectivity index (χ0n) is 19.6. The number of sulfonamides is 2. The number of carbonyl (C=O) groups excluding carboxylic acids is 1. The van der Waals surface area contributed by atoms with Crippen molar-refractivity contribution < 1.29 is 21.6 Å². The van der Waals surface area contributed by atoms with Crippen molar-refractivity contribution in [3.05, 3.63) is 96.1 Å². The standard InChI is InChI=1S/C25H26N4O5S2/c1-20-12-14-21(15-13-20)18-26-27-25(30)24-19-28(35(31,32)22-8-4-2-5-9-22)16-17-29(24)36(33,34)23-10-6-3-7-11-23/h2-15,18,24H,16-17,19H2,1H3,(H,27,30)/b26-18+/t24-/m1/s1. The quantitative estimate of drug-likeness (QED) is 0.374. The highest BCUT2D eigenvalue weighted by Crippen LogP contribution is 2.25. The number of nitrogens with zero attached hydrogens (tertiary/aromatic N) is 3. The minimum atomic E-state index is -4.07. The monoisotopic (exact) mass is 526 g/mol. The number of carbonyl (C=O) groups is 1. The van der Waals surface area contributed by atoms with Gasteiger partial charge in [0.15, 0.2) is 0 Å². The minimum Gasteiger partial charge on any atom is -0.271 e. The molecule has 1 amide bonds. The molecule has 3 aromatic rings. The smallest absolute Gasteiger partial charge is 0.259 e. The molecule has 11 heteroatoms. The lowest BCUT2D eigenvalue weighted by molar-refractivity contribution is -0.125. The lowest BCUT2D eigenvalue weighted by atomic mass is 10.2. The molecule has 1 aliphatic rings. The maximum Gasteiger partial charge on any atom is 0.259 e. The van der Waals surface area contributed by atoms with Gasteiger partial charge in [-0.15, -0.1) is 0 Å². The molecule has 1 saturated heterocycles. The zero-order chi connectivity index (χ0) is 25.8. The summed E-state index contributed by atoms with van der Waals surface area (Å²) in [5, 5.41) is 3.97. The number of nitrogens with one attached hydrogen (secondary N) is 1. The van der Waals surface area contributed by atoms with Crippen LogP contribution in [0.25, 0.3) is 0 Å². The van der Waals surface area contributed by atoms with Gasteiger partial charge in [-0.25, -0.2) is 22.3 Å². The fourth-order valence-corrected chi connectivity index (χ4v) is 6.88. The summed E-state index contributed by atoms with van der Waals surface area (Å²) in [5.41, 5.74) is 4.20. The molecule has 3 aromatic carbocycles. The van der Waals surface area contributed by atoms with Crippen LogP contribution < -0.4 is 5.43 Å². The lowest BCUT2D eigenvalue weighted by Gasteiger charge is -2.38. The Balaban J connectivity index is 1.62. The first-order chi connectivity index (χ1) is 17.2. The van der Waals surface area contributed by atoms with Crippen LogP contribution in [0.1, 0.15) is 11.1 Å². The van der Waals surface area contributed by atoms with Gasteiger partial charge in [0.25, 0.3) is 5.91 Å². The van der Waals surface area contributed by atoms with Crippen LogP contribution in [0.4, 0.5) is 0 Å². The Kier molecular flexibility index (Phi) is 7.65. The lowest BCUT2D eigenvalue weighted by Crippen LogP contribution is -2.60. The molecule has 4 rings (SSSR count). The van der Waals surface area contributed by atoms with E-state index in [1.54, 1.807) is 36.4 Å². The molecule has 0 saturated carbocycles. The van der Waals surface area contributed by atoms with Gasteiger partial charge in [-0.2, -0.15) is 13.7 Å². The predicted molar refractivity (Wildman–Crippen MR) is 136 cm³/mol. The van der Waals surface area contributed by atoms with Crippen molar-refractivity contribution >= 4 is 32.2 Å². The van der Waals surface area contributed by atoms with E-state index in [0.29, 0.717) is 0 Å². The number of hydrogen-bond acceptors (Lipinski definition) is 6. The van der Waals surface area contributed by atoms with Crippen molar-refractivity contribution in [2.45, 2.75) is 22.8 Å². The van der Waals surface area contributed by atoms with Gasteiger partial charge in [-0.3, -0.25) is 4.79 Å². The summed E-state index contributed by atoms with van der Waals surface area (Å²) < 4.78 is 55.4. The molecule has 1 fully saturated rings. The fraction of sp³-hybridized carbons (Fsp3) is 0.200. The third-order valence-electron chi connectivity index (χ3n) is 5.79. The highest BCUT2D eigenvalue weighted by atomic mass is 32.2. The maximum absolute atomic E-state index is 13.4. The molecule has 1 heterocycles. The Hall–Kier alpha value is -3.38. The zero-order valence-corrected chi connectivity index (χ0v) is 21.2. The molecule has 0 aromatic heterocycles. The summed E-state index contributed by atoms with van der Waals surface area (Å²) >= 11 is 0. The Morgan fingerprint density at radius 1 is 0.833 bits per heavy atom. The largest absolute Gasteiger partial charge is 0.271 e. The van der Waals surface area contributed by atoms with E-state index in [4.69, 9.17) is 0 Å². The molecule has 9 nitrogen and oxygen atoms in total. The molecule has 1 aliphatic heterocycles. The number of amides is 1. The van der Waals surface area contributed by atoms with E-state index in [0.717, 1.165) is 19.7 Å². The molecule has 36 heavy (non-hydrogen) atoms. The minimum absolute atomic E-state index is 0.0188. The van der Waals surface area contributed by atoms with E-state index in [1.807, 2.05) is 31.2 Å². The third kappa shape index (κ3) is 5.54. The summed E-state index contributed by atoms with van der Waals surface area (Å²) in [6, 6.07) is 21.7. The van der Waals surface area contributed by atoms with Crippen LogP contribution in [0.2, 0.25) is 0 Å². The molecule has 0 bridgehead atoms. The third-order valence-corrected chi connectivity index (χ3v) is 9.59. The first-order valence-electron chi connectivity index (χ1n) is 11.2. The van der Waals surface area contributed by atoms with Crippen LogP contribution in [0.15, 0.2) is 99.8 Å². The highest BCUT2D eigenvalue weighted by Gasteiger charge is 2.43. The summed E-state index contributed by atoms with van der Waals surface area (Å²) in [6.07, 6.45) is 1.44. The topological polar surface area (TPSA) is 116 Å². The van der Waals surface area contributed by atoms with Gasteiger partial charge >= 0.3 is 0 Å². The molecule has 0 aliphatic carbocycles. The molecule has 188 valence electrons. The number of benzene rings is 3. The van der Waals surface area contributed by atoms with Crippen LogP contribution in [-0.2, 0) is 24.8 Å². The normalized spacial score (nSPS) is 17.8. The van der Waals surface area contributed by atoms with E-state index < -0.39 is 32.0 Å². The number of hydrazone groups is 1. The number of piperazine rings is 1. The second-order valence-corrected chi connectivity index (χ2v) is 12.1. The van der Waals surface area contributed by atoms with Gasteiger partial charge in [0.1, 0.15) is 6.04 Å². The molecular formula is C25H26N4O5S2. The van der Waals surface area contributed by atoms with Crippen LogP contribution in [0, 0.1) is 6.92 Å². The maximum atomic E-state index is 13.4. The Bertz CT molecular complexity index is 1440. The SMILES string of the molecule is Cc1ccc(/C=N/NC(=O)[C@H]2CN(S(=O)(=O)c3ccccc3)CCN2S(=O)(=O)c2ccccc2)cc1. The highest BCUT2D eigenvalue weighted by molar-refractivity contribution is 7.89. The van der Waals surface area contributed by atoms with Crippen molar-refractivity contribution in [2.24, 2.45) is 5.10 Å². The molecule has 1 atom stereocenters. The van der Waals surface area contributed by atoms with Crippen molar-refractivity contribution in [1.29, 1.82) is 0 Å². The second kappa shape index (κ2) is 10.7. The molecule has 0 spiro atoms. The number of hydrogen-bond donors (Lipinski definition) is 1.